The molecule has 0 aliphatic carbocycles. The quantitative estimate of drug-likeness (QED) is 0.205. The lowest BCUT2D eigenvalue weighted by Gasteiger charge is -2.28. The van der Waals surface area contributed by atoms with Gasteiger partial charge in [0.2, 0.25) is 0 Å². The number of nitrogens with zero attached hydrogens (tertiary/aromatic N) is 1. The molecule has 2 rings (SSSR count). The third-order valence-corrected chi connectivity index (χ3v) is 6.86. The second-order valence-corrected chi connectivity index (χ2v) is 9.67. The van der Waals surface area contributed by atoms with Crippen LogP contribution in [0.1, 0.15) is 114 Å². The predicted octanol–water partition coefficient (Wildman–Crippen LogP) is 6.08. The van der Waals surface area contributed by atoms with Crippen molar-refractivity contribution in [1.29, 1.82) is 0 Å². The van der Waals surface area contributed by atoms with E-state index in [0.717, 1.165) is 12.8 Å². The van der Waals surface area contributed by atoms with Crippen LogP contribution in [0.2, 0.25) is 0 Å². The summed E-state index contributed by atoms with van der Waals surface area (Å²) in [5.74, 6) is -0.342. The number of ether oxygens (including phenoxy) is 1. The molecular weight excluding hydrogens is 414 g/mol. The van der Waals surface area contributed by atoms with E-state index in [-0.39, 0.29) is 24.7 Å². The Morgan fingerprint density at radius 2 is 1.48 bits per heavy atom. The van der Waals surface area contributed by atoms with Crippen molar-refractivity contribution in [2.24, 2.45) is 0 Å². The molecule has 0 aromatic heterocycles. The van der Waals surface area contributed by atoms with Crippen LogP contribution in [0.15, 0.2) is 30.3 Å². The van der Waals surface area contributed by atoms with Crippen LogP contribution in [0.25, 0.3) is 0 Å². The van der Waals surface area contributed by atoms with Gasteiger partial charge in [-0.2, -0.15) is 0 Å². The molecule has 1 fully saturated rings. The number of hydrogen-bond donors (Lipinski definition) is 2. The van der Waals surface area contributed by atoms with Crippen molar-refractivity contribution < 1.29 is 19.7 Å². The zero-order valence-corrected chi connectivity index (χ0v) is 20.8. The Kier molecular flexibility index (Phi) is 14.4. The van der Waals surface area contributed by atoms with Gasteiger partial charge in [0.15, 0.2) is 0 Å². The van der Waals surface area contributed by atoms with Crippen LogP contribution in [0, 0.1) is 0 Å². The Hall–Kier alpha value is -1.43. The number of rotatable bonds is 18. The van der Waals surface area contributed by atoms with Gasteiger partial charge >= 0.3 is 5.97 Å². The number of carbonyl (C=O) groups excluding carboxylic acids is 1. The number of hydrogen-bond acceptors (Lipinski definition) is 5. The molecule has 3 atom stereocenters. The minimum atomic E-state index is -0.588. The van der Waals surface area contributed by atoms with E-state index in [0.29, 0.717) is 24.9 Å². The van der Waals surface area contributed by atoms with Gasteiger partial charge in [0.05, 0.1) is 12.2 Å². The van der Waals surface area contributed by atoms with Gasteiger partial charge in [-0.3, -0.25) is 4.90 Å². The predicted molar refractivity (Wildman–Crippen MR) is 134 cm³/mol. The highest BCUT2D eigenvalue weighted by Gasteiger charge is 2.37. The van der Waals surface area contributed by atoms with E-state index in [2.05, 4.69) is 6.92 Å². The number of esters is 1. The van der Waals surface area contributed by atoms with Crippen molar-refractivity contribution in [2.45, 2.75) is 122 Å². The summed E-state index contributed by atoms with van der Waals surface area (Å²) in [6, 6.07) is 8.81. The van der Waals surface area contributed by atoms with Crippen LogP contribution in [-0.2, 0) is 4.74 Å². The summed E-state index contributed by atoms with van der Waals surface area (Å²) >= 11 is 0. The average Bonchev–Trinajstić information content (AvgIpc) is 3.25. The zero-order chi connectivity index (χ0) is 23.7. The SMILES string of the molecule is CCCCCCCCCCCCCCCC(O)N1C[C@H](OC(=O)c2ccccc2)C[C@H]1CO. The van der Waals surface area contributed by atoms with E-state index in [1.807, 2.05) is 23.1 Å². The number of aliphatic hydroxyl groups excluding tert-OH is 2. The molecule has 1 aliphatic heterocycles. The molecule has 1 aromatic rings. The minimum Gasteiger partial charge on any atom is -0.457 e. The highest BCUT2D eigenvalue weighted by atomic mass is 16.5. The third-order valence-electron chi connectivity index (χ3n) is 6.86. The van der Waals surface area contributed by atoms with Crippen LogP contribution in [-0.4, -0.2) is 52.6 Å². The molecule has 1 aliphatic rings. The summed E-state index contributed by atoms with van der Waals surface area (Å²) in [5.41, 5.74) is 0.532. The second-order valence-electron chi connectivity index (χ2n) is 9.67. The molecule has 1 aromatic carbocycles. The molecule has 1 unspecified atom stereocenters. The lowest BCUT2D eigenvalue weighted by Crippen LogP contribution is -2.41. The Labute approximate surface area is 201 Å². The first-order chi connectivity index (χ1) is 16.2. The maximum atomic E-state index is 12.3. The highest BCUT2D eigenvalue weighted by Crippen LogP contribution is 2.25. The average molecular weight is 462 g/mol. The smallest absolute Gasteiger partial charge is 0.338 e. The van der Waals surface area contributed by atoms with E-state index in [4.69, 9.17) is 4.74 Å². The largest absolute Gasteiger partial charge is 0.457 e. The van der Waals surface area contributed by atoms with Gasteiger partial charge in [-0.25, -0.2) is 4.79 Å². The molecule has 0 radical (unpaired) electrons. The Balaban J connectivity index is 1.53. The summed E-state index contributed by atoms with van der Waals surface area (Å²) in [6.45, 7) is 2.71. The molecule has 1 saturated heterocycles. The van der Waals surface area contributed by atoms with Crippen molar-refractivity contribution in [3.63, 3.8) is 0 Å². The van der Waals surface area contributed by atoms with Gasteiger partial charge < -0.3 is 14.9 Å². The lowest BCUT2D eigenvalue weighted by molar-refractivity contribution is -0.0297. The standard InChI is InChI=1S/C28H47NO4/c1-2-3-4-5-6-7-8-9-10-11-12-13-17-20-27(31)29-22-26(21-25(29)23-30)33-28(32)24-18-15-14-16-19-24/h14-16,18-19,25-27,30-31H,2-13,17,20-23H2,1H3/t25-,26+,27?/m0/s1. The molecule has 0 amide bonds. The number of unbranched alkanes of at least 4 members (excludes halogenated alkanes) is 12. The fourth-order valence-corrected chi connectivity index (χ4v) is 4.83. The zero-order valence-electron chi connectivity index (χ0n) is 20.8. The Morgan fingerprint density at radius 1 is 0.939 bits per heavy atom. The first-order valence-corrected chi connectivity index (χ1v) is 13.5. The van der Waals surface area contributed by atoms with Crippen LogP contribution < -0.4 is 0 Å². The normalized spacial score (nSPS) is 19.6. The maximum Gasteiger partial charge on any atom is 0.338 e. The summed E-state index contributed by atoms with van der Waals surface area (Å²) in [7, 11) is 0. The third kappa shape index (κ3) is 11.0. The van der Waals surface area contributed by atoms with Crippen LogP contribution in [0.5, 0.6) is 0 Å². The monoisotopic (exact) mass is 461 g/mol. The number of likely N-dealkylation sites (tertiary alicyclic amines) is 1. The fourth-order valence-electron chi connectivity index (χ4n) is 4.83. The van der Waals surface area contributed by atoms with Gasteiger partial charge in [0.1, 0.15) is 12.3 Å². The van der Waals surface area contributed by atoms with E-state index in [1.54, 1.807) is 12.1 Å². The van der Waals surface area contributed by atoms with E-state index in [9.17, 15) is 15.0 Å². The molecule has 33 heavy (non-hydrogen) atoms. The molecule has 2 N–H and O–H groups in total. The molecule has 1 heterocycles. The van der Waals surface area contributed by atoms with Crippen molar-refractivity contribution in [3.8, 4) is 0 Å². The summed E-state index contributed by atoms with van der Waals surface area (Å²) in [4.78, 5) is 14.2. The topological polar surface area (TPSA) is 70.0 Å². The minimum absolute atomic E-state index is 0.0327. The van der Waals surface area contributed by atoms with E-state index < -0.39 is 6.23 Å². The molecule has 5 nitrogen and oxygen atoms in total. The van der Waals surface area contributed by atoms with Crippen molar-refractivity contribution in [1.82, 2.24) is 4.90 Å². The van der Waals surface area contributed by atoms with Crippen molar-refractivity contribution in [2.75, 3.05) is 13.2 Å². The highest BCUT2D eigenvalue weighted by molar-refractivity contribution is 5.89. The van der Waals surface area contributed by atoms with Gasteiger partial charge in [-0.15, -0.1) is 0 Å². The van der Waals surface area contributed by atoms with Crippen molar-refractivity contribution >= 4 is 5.97 Å². The molecule has 0 spiro atoms. The Morgan fingerprint density at radius 3 is 2.03 bits per heavy atom. The van der Waals surface area contributed by atoms with E-state index in [1.165, 1.54) is 70.6 Å². The molecule has 0 saturated carbocycles. The number of carbonyl (C=O) groups is 1. The lowest BCUT2D eigenvalue weighted by atomic mass is 10.0. The van der Waals surface area contributed by atoms with E-state index >= 15 is 0 Å². The number of benzene rings is 1. The molecule has 0 bridgehead atoms. The first kappa shape index (κ1) is 27.8. The van der Waals surface area contributed by atoms with Gasteiger partial charge in [0, 0.05) is 19.0 Å². The summed E-state index contributed by atoms with van der Waals surface area (Å²) in [6.07, 6.45) is 17.4. The van der Waals surface area contributed by atoms with Crippen LogP contribution in [0.4, 0.5) is 0 Å². The fraction of sp³-hybridized carbons (Fsp3) is 0.750. The maximum absolute atomic E-state index is 12.3. The molecule has 188 valence electrons. The number of aliphatic hydroxyl groups is 2. The van der Waals surface area contributed by atoms with Crippen molar-refractivity contribution in [3.05, 3.63) is 35.9 Å². The molecular formula is C28H47NO4. The van der Waals surface area contributed by atoms with Crippen LogP contribution in [0.3, 0.4) is 0 Å². The second kappa shape index (κ2) is 17.1. The van der Waals surface area contributed by atoms with Crippen LogP contribution >= 0.6 is 0 Å². The molecule has 5 heteroatoms. The van der Waals surface area contributed by atoms with Gasteiger partial charge in [-0.05, 0) is 25.0 Å². The first-order valence-electron chi connectivity index (χ1n) is 13.5. The Bertz CT molecular complexity index is 624. The summed E-state index contributed by atoms with van der Waals surface area (Å²) in [5, 5.41) is 20.4. The van der Waals surface area contributed by atoms with Gasteiger partial charge in [-0.1, -0.05) is 102 Å². The van der Waals surface area contributed by atoms with Gasteiger partial charge in [0.25, 0.3) is 0 Å². The summed E-state index contributed by atoms with van der Waals surface area (Å²) < 4.78 is 5.63.